The Morgan fingerprint density at radius 3 is 1.93 bits per heavy atom. The number of hydrogen-bond donors (Lipinski definition) is 1. The van der Waals surface area contributed by atoms with Crippen molar-refractivity contribution in [2.75, 3.05) is 6.54 Å². The van der Waals surface area contributed by atoms with E-state index in [9.17, 15) is 8.42 Å². The van der Waals surface area contributed by atoms with Crippen molar-refractivity contribution in [2.24, 2.45) is 5.41 Å². The van der Waals surface area contributed by atoms with Crippen LogP contribution < -0.4 is 4.72 Å². The maximum atomic E-state index is 12.5. The molecule has 2 aromatic carbocycles. The van der Waals surface area contributed by atoms with Crippen LogP contribution in [0.15, 0.2) is 53.4 Å². The highest BCUT2D eigenvalue weighted by molar-refractivity contribution is 7.89. The summed E-state index contributed by atoms with van der Waals surface area (Å²) in [7, 11) is -3.47. The number of hydrogen-bond acceptors (Lipinski definition) is 2. The van der Waals surface area contributed by atoms with Gasteiger partial charge in [-0.1, -0.05) is 76.6 Å². The van der Waals surface area contributed by atoms with Crippen LogP contribution in [0.3, 0.4) is 0 Å². The van der Waals surface area contributed by atoms with E-state index in [1.807, 2.05) is 19.1 Å². The van der Waals surface area contributed by atoms with Crippen molar-refractivity contribution < 1.29 is 8.42 Å². The molecule has 0 aliphatic rings. The van der Waals surface area contributed by atoms with Crippen LogP contribution >= 0.6 is 0 Å². The van der Waals surface area contributed by atoms with E-state index in [-0.39, 0.29) is 10.8 Å². The van der Waals surface area contributed by atoms with Gasteiger partial charge in [0.05, 0.1) is 4.90 Å². The number of benzene rings is 2. The predicted octanol–water partition coefficient (Wildman–Crippen LogP) is 5.23. The Balaban J connectivity index is 1.93. The van der Waals surface area contributed by atoms with E-state index in [1.54, 1.807) is 12.1 Å². The molecule has 4 heteroatoms. The van der Waals surface area contributed by atoms with Crippen LogP contribution in [0.2, 0.25) is 0 Å². The van der Waals surface area contributed by atoms with Crippen LogP contribution in [0, 0.1) is 12.3 Å². The molecule has 148 valence electrons. The largest absolute Gasteiger partial charge is 0.240 e. The summed E-state index contributed by atoms with van der Waals surface area (Å²) >= 11 is 0. The minimum atomic E-state index is -3.47. The molecule has 0 saturated carbocycles. The summed E-state index contributed by atoms with van der Waals surface area (Å²) in [6, 6.07) is 15.7. The maximum absolute atomic E-state index is 12.5. The fourth-order valence-corrected chi connectivity index (χ4v) is 4.08. The lowest BCUT2D eigenvalue weighted by molar-refractivity contribution is 0.334. The summed E-state index contributed by atoms with van der Waals surface area (Å²) in [6.07, 6.45) is 1.85. The molecule has 2 aromatic rings. The monoisotopic (exact) mass is 387 g/mol. The Labute approximate surface area is 165 Å². The fourth-order valence-electron chi connectivity index (χ4n) is 2.83. The lowest BCUT2D eigenvalue weighted by Gasteiger charge is -2.25. The molecule has 27 heavy (non-hydrogen) atoms. The summed E-state index contributed by atoms with van der Waals surface area (Å²) in [5, 5.41) is 0. The topological polar surface area (TPSA) is 46.2 Å². The molecule has 0 aliphatic carbocycles. The van der Waals surface area contributed by atoms with E-state index in [0.29, 0.717) is 11.4 Å². The quantitative estimate of drug-likeness (QED) is 0.707. The number of rotatable bonds is 7. The molecular formula is C23H33NO2S. The molecule has 0 heterocycles. The molecule has 0 amide bonds. The van der Waals surface area contributed by atoms with Gasteiger partial charge in [0.25, 0.3) is 0 Å². The van der Waals surface area contributed by atoms with Crippen LogP contribution in [0.1, 0.15) is 57.7 Å². The SMILES string of the molecule is Cc1ccc(S(=O)(=O)NCC(C)(C)CCc2ccc(C(C)(C)C)cc2)cc1. The Hall–Kier alpha value is -1.65. The Kier molecular flexibility index (Phi) is 6.54. The Morgan fingerprint density at radius 2 is 1.41 bits per heavy atom. The van der Waals surface area contributed by atoms with E-state index in [0.717, 1.165) is 18.4 Å². The maximum Gasteiger partial charge on any atom is 0.240 e. The van der Waals surface area contributed by atoms with Crippen molar-refractivity contribution in [1.29, 1.82) is 0 Å². The second kappa shape index (κ2) is 8.15. The van der Waals surface area contributed by atoms with Crippen molar-refractivity contribution in [3.8, 4) is 0 Å². The third kappa shape index (κ3) is 6.47. The van der Waals surface area contributed by atoms with Gasteiger partial charge in [-0.05, 0) is 53.9 Å². The van der Waals surface area contributed by atoms with Crippen LogP contribution in [0.4, 0.5) is 0 Å². The summed E-state index contributed by atoms with van der Waals surface area (Å²) in [5.74, 6) is 0. The first-order valence-corrected chi connectivity index (χ1v) is 11.0. The zero-order valence-electron chi connectivity index (χ0n) is 17.5. The zero-order chi connectivity index (χ0) is 20.3. The molecular weight excluding hydrogens is 354 g/mol. The second-order valence-corrected chi connectivity index (χ2v) is 11.0. The summed E-state index contributed by atoms with van der Waals surface area (Å²) in [4.78, 5) is 0.321. The van der Waals surface area contributed by atoms with Crippen molar-refractivity contribution in [3.63, 3.8) is 0 Å². The molecule has 0 atom stereocenters. The van der Waals surface area contributed by atoms with E-state index in [1.165, 1.54) is 11.1 Å². The number of aryl methyl sites for hydroxylation is 2. The fraction of sp³-hybridized carbons (Fsp3) is 0.478. The smallest absolute Gasteiger partial charge is 0.211 e. The van der Waals surface area contributed by atoms with Gasteiger partial charge in [-0.2, -0.15) is 0 Å². The first-order valence-electron chi connectivity index (χ1n) is 9.55. The summed E-state index contributed by atoms with van der Waals surface area (Å²) in [6.45, 7) is 13.2. The van der Waals surface area contributed by atoms with Crippen molar-refractivity contribution in [3.05, 3.63) is 65.2 Å². The van der Waals surface area contributed by atoms with Gasteiger partial charge in [0.1, 0.15) is 0 Å². The normalized spacial score (nSPS) is 13.0. The standard InChI is InChI=1S/C23H33NO2S/c1-18-7-13-21(14-8-18)27(25,26)24-17-23(5,6)16-15-19-9-11-20(12-10-19)22(2,3)4/h7-14,24H,15-17H2,1-6H3. The molecule has 0 unspecified atom stereocenters. The van der Waals surface area contributed by atoms with Crippen molar-refractivity contribution in [2.45, 2.75) is 64.7 Å². The minimum Gasteiger partial charge on any atom is -0.211 e. The van der Waals surface area contributed by atoms with Crippen molar-refractivity contribution >= 4 is 10.0 Å². The molecule has 0 bridgehead atoms. The Morgan fingerprint density at radius 1 is 0.852 bits per heavy atom. The minimum absolute atomic E-state index is 0.125. The van der Waals surface area contributed by atoms with Gasteiger partial charge in [-0.3, -0.25) is 0 Å². The third-order valence-corrected chi connectivity index (χ3v) is 6.40. The van der Waals surface area contributed by atoms with E-state index < -0.39 is 10.0 Å². The molecule has 0 saturated heterocycles. The van der Waals surface area contributed by atoms with Crippen LogP contribution in [0.25, 0.3) is 0 Å². The van der Waals surface area contributed by atoms with Gasteiger partial charge < -0.3 is 0 Å². The summed E-state index contributed by atoms with van der Waals surface area (Å²) in [5.41, 5.74) is 3.70. The van der Waals surface area contributed by atoms with Crippen LogP contribution in [-0.2, 0) is 21.9 Å². The van der Waals surface area contributed by atoms with Crippen LogP contribution in [0.5, 0.6) is 0 Å². The number of nitrogens with one attached hydrogen (secondary N) is 1. The van der Waals surface area contributed by atoms with Gasteiger partial charge >= 0.3 is 0 Å². The first kappa shape index (κ1) is 21.6. The third-order valence-electron chi connectivity index (χ3n) is 4.98. The molecule has 1 N–H and O–H groups in total. The molecule has 0 spiro atoms. The predicted molar refractivity (Wildman–Crippen MR) is 114 cm³/mol. The lowest BCUT2D eigenvalue weighted by Crippen LogP contribution is -2.34. The van der Waals surface area contributed by atoms with Crippen molar-refractivity contribution in [1.82, 2.24) is 4.72 Å². The molecule has 0 aromatic heterocycles. The Bertz CT molecular complexity index is 843. The highest BCUT2D eigenvalue weighted by Crippen LogP contribution is 2.25. The van der Waals surface area contributed by atoms with Gasteiger partial charge in [-0.25, -0.2) is 13.1 Å². The second-order valence-electron chi connectivity index (χ2n) is 9.25. The number of sulfonamides is 1. The van der Waals surface area contributed by atoms with Gasteiger partial charge in [0, 0.05) is 6.54 Å². The molecule has 3 nitrogen and oxygen atoms in total. The zero-order valence-corrected chi connectivity index (χ0v) is 18.3. The van der Waals surface area contributed by atoms with E-state index in [2.05, 4.69) is 63.6 Å². The van der Waals surface area contributed by atoms with Gasteiger partial charge in [-0.15, -0.1) is 0 Å². The summed E-state index contributed by atoms with van der Waals surface area (Å²) < 4.78 is 27.7. The van der Waals surface area contributed by atoms with Gasteiger partial charge in [0.15, 0.2) is 0 Å². The highest BCUT2D eigenvalue weighted by Gasteiger charge is 2.22. The van der Waals surface area contributed by atoms with Gasteiger partial charge in [0.2, 0.25) is 10.0 Å². The first-order chi connectivity index (χ1) is 12.4. The molecule has 0 radical (unpaired) electrons. The molecule has 0 aliphatic heterocycles. The average molecular weight is 388 g/mol. The van der Waals surface area contributed by atoms with E-state index >= 15 is 0 Å². The van der Waals surface area contributed by atoms with E-state index in [4.69, 9.17) is 0 Å². The molecule has 2 rings (SSSR count). The van der Waals surface area contributed by atoms with Crippen LogP contribution in [-0.4, -0.2) is 15.0 Å². The lowest BCUT2D eigenvalue weighted by atomic mass is 9.84. The molecule has 0 fully saturated rings. The average Bonchev–Trinajstić information content (AvgIpc) is 2.59. The highest BCUT2D eigenvalue weighted by atomic mass is 32.2.